The van der Waals surface area contributed by atoms with E-state index in [0.717, 1.165) is 24.2 Å². The third kappa shape index (κ3) is 2.10. The topological polar surface area (TPSA) is 49.4 Å². The Labute approximate surface area is 107 Å². The summed E-state index contributed by atoms with van der Waals surface area (Å²) in [6, 6.07) is 5.74. The number of amides is 2. The Morgan fingerprint density at radius 3 is 2.67 bits per heavy atom. The van der Waals surface area contributed by atoms with Gasteiger partial charge in [-0.15, -0.1) is 0 Å². The molecule has 4 heteroatoms. The van der Waals surface area contributed by atoms with Crippen LogP contribution in [0.4, 0.5) is 11.4 Å². The monoisotopic (exact) mass is 246 g/mol. The maximum Gasteiger partial charge on any atom is 0.236 e. The van der Waals surface area contributed by atoms with E-state index in [2.05, 4.69) is 5.32 Å². The van der Waals surface area contributed by atoms with Crippen LogP contribution in [-0.4, -0.2) is 18.4 Å². The quantitative estimate of drug-likeness (QED) is 0.870. The van der Waals surface area contributed by atoms with Gasteiger partial charge in [0.05, 0.1) is 11.4 Å². The van der Waals surface area contributed by atoms with Crippen LogP contribution in [0.2, 0.25) is 0 Å². The number of benzene rings is 1. The zero-order chi connectivity index (χ0) is 13.3. The summed E-state index contributed by atoms with van der Waals surface area (Å²) in [5, 5.41) is 3.25. The molecule has 4 nitrogen and oxygen atoms in total. The summed E-state index contributed by atoms with van der Waals surface area (Å²) in [4.78, 5) is 25.2. The van der Waals surface area contributed by atoms with Crippen molar-refractivity contribution in [3.8, 4) is 0 Å². The van der Waals surface area contributed by atoms with Crippen molar-refractivity contribution in [3.63, 3.8) is 0 Å². The zero-order valence-corrected chi connectivity index (χ0v) is 11.0. The van der Waals surface area contributed by atoms with Crippen LogP contribution in [0.15, 0.2) is 18.2 Å². The molecule has 0 saturated carbocycles. The minimum absolute atomic E-state index is 0.162. The Morgan fingerprint density at radius 1 is 1.33 bits per heavy atom. The average molecular weight is 246 g/mol. The summed E-state index contributed by atoms with van der Waals surface area (Å²) >= 11 is 0. The van der Waals surface area contributed by atoms with Crippen molar-refractivity contribution in [2.45, 2.75) is 27.2 Å². The van der Waals surface area contributed by atoms with Gasteiger partial charge in [-0.3, -0.25) is 9.59 Å². The van der Waals surface area contributed by atoms with Crippen LogP contribution in [0.25, 0.3) is 0 Å². The van der Waals surface area contributed by atoms with Crippen LogP contribution in [0, 0.1) is 5.92 Å². The van der Waals surface area contributed by atoms with E-state index < -0.39 is 0 Å². The normalized spacial score (nSPS) is 13.1. The van der Waals surface area contributed by atoms with Crippen molar-refractivity contribution in [2.75, 3.05) is 16.8 Å². The van der Waals surface area contributed by atoms with E-state index in [-0.39, 0.29) is 17.7 Å². The fraction of sp³-hybridized carbons (Fsp3) is 0.429. The maximum absolute atomic E-state index is 12.2. The lowest BCUT2D eigenvalue weighted by atomic mass is 10.1. The Kier molecular flexibility index (Phi) is 3.36. The average Bonchev–Trinajstić information content (AvgIpc) is 2.77. The number of para-hydroxylation sites is 1. The van der Waals surface area contributed by atoms with Gasteiger partial charge in [-0.25, -0.2) is 4.90 Å². The number of carbonyl (C=O) groups excluding carboxylic acids is 2. The highest BCUT2D eigenvalue weighted by atomic mass is 16.2. The Bertz CT molecular complexity index is 495. The minimum atomic E-state index is -0.240. The molecule has 1 heterocycles. The molecule has 0 bridgehead atoms. The number of hydrogen-bond acceptors (Lipinski definition) is 3. The molecular weight excluding hydrogens is 228 g/mol. The highest BCUT2D eigenvalue weighted by Gasteiger charge is 2.27. The lowest BCUT2D eigenvalue weighted by molar-refractivity contribution is -0.127. The predicted molar refractivity (Wildman–Crippen MR) is 71.6 cm³/mol. The Morgan fingerprint density at radius 2 is 2.06 bits per heavy atom. The van der Waals surface area contributed by atoms with Gasteiger partial charge in [0.25, 0.3) is 0 Å². The van der Waals surface area contributed by atoms with E-state index in [1.54, 1.807) is 13.8 Å². The van der Waals surface area contributed by atoms with Crippen LogP contribution in [0.1, 0.15) is 26.3 Å². The number of nitrogens with zero attached hydrogens (tertiary/aromatic N) is 1. The van der Waals surface area contributed by atoms with Crippen molar-refractivity contribution in [2.24, 2.45) is 5.92 Å². The minimum Gasteiger partial charge on any atom is -0.383 e. The van der Waals surface area contributed by atoms with Crippen LogP contribution in [0.5, 0.6) is 0 Å². The summed E-state index contributed by atoms with van der Waals surface area (Å²) in [7, 11) is 0. The van der Waals surface area contributed by atoms with Crippen molar-refractivity contribution in [3.05, 3.63) is 23.8 Å². The molecule has 1 aromatic carbocycles. The molecule has 1 aliphatic heterocycles. The highest BCUT2D eigenvalue weighted by Crippen LogP contribution is 2.34. The zero-order valence-electron chi connectivity index (χ0n) is 11.0. The lowest BCUT2D eigenvalue weighted by Crippen LogP contribution is -2.38. The van der Waals surface area contributed by atoms with Crippen molar-refractivity contribution in [1.29, 1.82) is 0 Å². The highest BCUT2D eigenvalue weighted by molar-refractivity contribution is 6.16. The molecule has 1 N–H and O–H groups in total. The molecule has 0 radical (unpaired) electrons. The van der Waals surface area contributed by atoms with E-state index in [0.29, 0.717) is 5.69 Å². The largest absolute Gasteiger partial charge is 0.383 e. The van der Waals surface area contributed by atoms with Crippen LogP contribution < -0.4 is 10.2 Å². The smallest absolute Gasteiger partial charge is 0.236 e. The van der Waals surface area contributed by atoms with Crippen molar-refractivity contribution in [1.82, 2.24) is 0 Å². The molecular formula is C14H18N2O2. The van der Waals surface area contributed by atoms with Gasteiger partial charge in [-0.1, -0.05) is 26.0 Å². The molecule has 0 unspecified atom stereocenters. The molecule has 0 fully saturated rings. The third-order valence-corrected chi connectivity index (χ3v) is 3.09. The molecule has 2 rings (SSSR count). The Balaban J connectivity index is 2.47. The summed E-state index contributed by atoms with van der Waals surface area (Å²) < 4.78 is 0. The van der Waals surface area contributed by atoms with Crippen LogP contribution >= 0.6 is 0 Å². The van der Waals surface area contributed by atoms with Crippen molar-refractivity contribution < 1.29 is 9.59 Å². The predicted octanol–water partition coefficient (Wildman–Crippen LogP) is 2.19. The van der Waals surface area contributed by atoms with Gasteiger partial charge in [0.1, 0.15) is 0 Å². The fourth-order valence-electron chi connectivity index (χ4n) is 2.21. The van der Waals surface area contributed by atoms with Gasteiger partial charge in [-0.2, -0.15) is 0 Å². The number of carbonyl (C=O) groups is 2. The SMILES string of the molecule is CC(=O)N(C(=O)C(C)C)c1cccc2c1NCC2. The molecule has 0 saturated heterocycles. The number of imide groups is 1. The van der Waals surface area contributed by atoms with E-state index in [1.165, 1.54) is 11.8 Å². The molecule has 0 aromatic heterocycles. The van der Waals surface area contributed by atoms with E-state index >= 15 is 0 Å². The molecule has 2 amide bonds. The number of hydrogen-bond donors (Lipinski definition) is 1. The van der Waals surface area contributed by atoms with Gasteiger partial charge < -0.3 is 5.32 Å². The summed E-state index contributed by atoms with van der Waals surface area (Å²) in [6.45, 7) is 5.88. The molecule has 96 valence electrons. The second-order valence-corrected chi connectivity index (χ2v) is 4.84. The van der Waals surface area contributed by atoms with Crippen LogP contribution in [0.3, 0.4) is 0 Å². The molecule has 1 aliphatic rings. The second-order valence-electron chi connectivity index (χ2n) is 4.84. The van der Waals surface area contributed by atoms with Gasteiger partial charge in [0.2, 0.25) is 11.8 Å². The molecule has 1 aromatic rings. The second kappa shape index (κ2) is 4.80. The number of nitrogens with one attached hydrogen (secondary N) is 1. The standard InChI is InChI=1S/C14H18N2O2/c1-9(2)14(18)16(10(3)17)12-6-4-5-11-7-8-15-13(11)12/h4-6,9,15H,7-8H2,1-3H3. The first kappa shape index (κ1) is 12.6. The molecule has 18 heavy (non-hydrogen) atoms. The number of rotatable bonds is 2. The molecule has 0 atom stereocenters. The summed E-state index contributed by atoms with van der Waals surface area (Å²) in [5.74, 6) is -0.605. The first-order chi connectivity index (χ1) is 8.52. The Hall–Kier alpha value is -1.84. The van der Waals surface area contributed by atoms with Gasteiger partial charge >= 0.3 is 0 Å². The van der Waals surface area contributed by atoms with Gasteiger partial charge in [0.15, 0.2) is 0 Å². The van der Waals surface area contributed by atoms with E-state index in [9.17, 15) is 9.59 Å². The number of anilines is 2. The number of fused-ring (bicyclic) bond motifs is 1. The molecule has 0 aliphatic carbocycles. The fourth-order valence-corrected chi connectivity index (χ4v) is 2.21. The van der Waals surface area contributed by atoms with E-state index in [4.69, 9.17) is 0 Å². The molecule has 0 spiro atoms. The van der Waals surface area contributed by atoms with Gasteiger partial charge in [-0.05, 0) is 18.1 Å². The van der Waals surface area contributed by atoms with Crippen molar-refractivity contribution >= 4 is 23.2 Å². The lowest BCUT2D eigenvalue weighted by Gasteiger charge is -2.23. The first-order valence-electron chi connectivity index (χ1n) is 6.22. The maximum atomic E-state index is 12.2. The van der Waals surface area contributed by atoms with Crippen LogP contribution in [-0.2, 0) is 16.0 Å². The third-order valence-electron chi connectivity index (χ3n) is 3.09. The summed E-state index contributed by atoms with van der Waals surface area (Å²) in [6.07, 6.45) is 0.935. The first-order valence-corrected chi connectivity index (χ1v) is 6.22. The van der Waals surface area contributed by atoms with E-state index in [1.807, 2.05) is 18.2 Å². The summed E-state index contributed by atoms with van der Waals surface area (Å²) in [5.41, 5.74) is 2.76. The van der Waals surface area contributed by atoms with Gasteiger partial charge in [0, 0.05) is 19.4 Å².